The van der Waals surface area contributed by atoms with Gasteiger partial charge in [0.25, 0.3) is 0 Å². The molecule has 2 unspecified atom stereocenters. The number of anilines is 1. The number of aromatic nitrogens is 1. The van der Waals surface area contributed by atoms with Crippen LogP contribution >= 0.6 is 11.6 Å². The molecule has 0 spiro atoms. The third-order valence-corrected chi connectivity index (χ3v) is 3.78. The van der Waals surface area contributed by atoms with Crippen LogP contribution in [0.1, 0.15) is 31.2 Å². The van der Waals surface area contributed by atoms with Gasteiger partial charge in [0.2, 0.25) is 0 Å². The zero-order chi connectivity index (χ0) is 13.9. The van der Waals surface area contributed by atoms with Crippen LogP contribution in [0.15, 0.2) is 18.3 Å². The van der Waals surface area contributed by atoms with E-state index in [4.69, 9.17) is 11.6 Å². The molecule has 1 aliphatic carbocycles. The van der Waals surface area contributed by atoms with E-state index in [9.17, 15) is 13.2 Å². The molecule has 1 aromatic heterocycles. The van der Waals surface area contributed by atoms with Crippen LogP contribution in [0.2, 0.25) is 0 Å². The van der Waals surface area contributed by atoms with E-state index < -0.39 is 11.7 Å². The lowest BCUT2D eigenvalue weighted by molar-refractivity contribution is -0.137. The summed E-state index contributed by atoms with van der Waals surface area (Å²) in [6.07, 6.45) is 0.748. The molecule has 1 fully saturated rings. The predicted molar refractivity (Wildman–Crippen MR) is 69.3 cm³/mol. The Hall–Kier alpha value is -0.970. The standard InChI is InChI=1S/C13H16ClF3N2/c14-11-3-1-2-9(6-11)7-18-12-5-4-10(8-19-12)13(15,16)17/h4-5,8-9,11H,1-3,6-7H2,(H,18,19). The molecule has 106 valence electrons. The van der Waals surface area contributed by atoms with E-state index in [0.717, 1.165) is 37.9 Å². The Morgan fingerprint density at radius 2 is 2.11 bits per heavy atom. The van der Waals surface area contributed by atoms with Crippen molar-refractivity contribution in [2.24, 2.45) is 5.92 Å². The van der Waals surface area contributed by atoms with Crippen LogP contribution in [0, 0.1) is 5.92 Å². The van der Waals surface area contributed by atoms with Crippen LogP contribution < -0.4 is 5.32 Å². The van der Waals surface area contributed by atoms with Gasteiger partial charge in [-0.2, -0.15) is 13.2 Å². The lowest BCUT2D eigenvalue weighted by atomic mass is 9.89. The van der Waals surface area contributed by atoms with Gasteiger partial charge in [-0.15, -0.1) is 11.6 Å². The summed E-state index contributed by atoms with van der Waals surface area (Å²) in [6.45, 7) is 0.710. The lowest BCUT2D eigenvalue weighted by Gasteiger charge is -2.25. The van der Waals surface area contributed by atoms with Gasteiger partial charge in [0, 0.05) is 18.1 Å². The summed E-state index contributed by atoms with van der Waals surface area (Å²) in [6, 6.07) is 2.41. The maximum atomic E-state index is 12.4. The molecule has 0 saturated heterocycles. The second kappa shape index (κ2) is 5.99. The molecule has 2 atom stereocenters. The number of alkyl halides is 4. The molecule has 1 aliphatic rings. The molecule has 0 amide bonds. The van der Waals surface area contributed by atoms with Crippen molar-refractivity contribution in [1.29, 1.82) is 0 Å². The minimum Gasteiger partial charge on any atom is -0.370 e. The van der Waals surface area contributed by atoms with E-state index in [1.807, 2.05) is 0 Å². The average Bonchev–Trinajstić information content (AvgIpc) is 2.36. The minimum atomic E-state index is -4.33. The predicted octanol–water partition coefficient (Wildman–Crippen LogP) is 4.31. The molecule has 0 bridgehead atoms. The Balaban J connectivity index is 1.86. The summed E-state index contributed by atoms with van der Waals surface area (Å²) in [5.41, 5.74) is -0.725. The van der Waals surface area contributed by atoms with Crippen molar-refractivity contribution in [2.75, 3.05) is 11.9 Å². The van der Waals surface area contributed by atoms with E-state index in [1.165, 1.54) is 6.07 Å². The summed E-state index contributed by atoms with van der Waals surface area (Å²) >= 11 is 6.10. The minimum absolute atomic E-state index is 0.223. The fraction of sp³-hybridized carbons (Fsp3) is 0.615. The first kappa shape index (κ1) is 14.4. The zero-order valence-electron chi connectivity index (χ0n) is 10.4. The van der Waals surface area contributed by atoms with Crippen molar-refractivity contribution in [1.82, 2.24) is 4.98 Å². The summed E-state index contributed by atoms with van der Waals surface area (Å²) in [5, 5.41) is 3.30. The lowest BCUT2D eigenvalue weighted by Crippen LogP contribution is -2.22. The molecule has 1 heterocycles. The molecule has 1 N–H and O–H groups in total. The maximum absolute atomic E-state index is 12.4. The van der Waals surface area contributed by atoms with Crippen LogP contribution in [-0.4, -0.2) is 16.9 Å². The smallest absolute Gasteiger partial charge is 0.370 e. The van der Waals surface area contributed by atoms with Crippen molar-refractivity contribution >= 4 is 17.4 Å². The first-order chi connectivity index (χ1) is 8.95. The highest BCUT2D eigenvalue weighted by molar-refractivity contribution is 6.20. The molecule has 0 aliphatic heterocycles. The molecule has 1 saturated carbocycles. The molecule has 19 heavy (non-hydrogen) atoms. The van der Waals surface area contributed by atoms with Gasteiger partial charge < -0.3 is 5.32 Å². The number of pyridine rings is 1. The van der Waals surface area contributed by atoms with E-state index in [-0.39, 0.29) is 5.38 Å². The van der Waals surface area contributed by atoms with Crippen molar-refractivity contribution in [3.05, 3.63) is 23.9 Å². The van der Waals surface area contributed by atoms with Crippen LogP contribution in [0.25, 0.3) is 0 Å². The van der Waals surface area contributed by atoms with E-state index in [1.54, 1.807) is 0 Å². The highest BCUT2D eigenvalue weighted by Gasteiger charge is 2.30. The van der Waals surface area contributed by atoms with Crippen molar-refractivity contribution in [3.63, 3.8) is 0 Å². The van der Waals surface area contributed by atoms with Crippen molar-refractivity contribution in [3.8, 4) is 0 Å². The number of hydrogen-bond donors (Lipinski definition) is 1. The fourth-order valence-electron chi connectivity index (χ4n) is 2.33. The molecule has 0 radical (unpaired) electrons. The SMILES string of the molecule is FC(F)(F)c1ccc(NCC2CCCC(Cl)C2)nc1. The average molecular weight is 293 g/mol. The van der Waals surface area contributed by atoms with E-state index in [0.29, 0.717) is 18.3 Å². The van der Waals surface area contributed by atoms with Gasteiger partial charge in [-0.3, -0.25) is 0 Å². The highest BCUT2D eigenvalue weighted by atomic mass is 35.5. The van der Waals surface area contributed by atoms with Crippen LogP contribution in [0.3, 0.4) is 0 Å². The van der Waals surface area contributed by atoms with Crippen LogP contribution in [0.4, 0.5) is 19.0 Å². The van der Waals surface area contributed by atoms with Crippen LogP contribution in [-0.2, 0) is 6.18 Å². The molecule has 1 aromatic rings. The highest BCUT2D eigenvalue weighted by Crippen LogP contribution is 2.30. The molecular weight excluding hydrogens is 277 g/mol. The number of halogens is 4. The first-order valence-corrected chi connectivity index (χ1v) is 6.80. The third kappa shape index (κ3) is 4.27. The Morgan fingerprint density at radius 3 is 2.68 bits per heavy atom. The van der Waals surface area contributed by atoms with Gasteiger partial charge in [-0.25, -0.2) is 4.98 Å². The Kier molecular flexibility index (Phi) is 4.55. The second-order valence-corrected chi connectivity index (χ2v) is 5.56. The molecule has 2 rings (SSSR count). The number of rotatable bonds is 3. The quantitative estimate of drug-likeness (QED) is 0.840. The van der Waals surface area contributed by atoms with Crippen molar-refractivity contribution in [2.45, 2.75) is 37.2 Å². The fourth-order valence-corrected chi connectivity index (χ4v) is 2.73. The molecular formula is C13H16ClF3N2. The van der Waals surface area contributed by atoms with E-state index in [2.05, 4.69) is 10.3 Å². The second-order valence-electron chi connectivity index (χ2n) is 4.94. The Morgan fingerprint density at radius 1 is 1.32 bits per heavy atom. The Labute approximate surface area is 115 Å². The van der Waals surface area contributed by atoms with Crippen molar-refractivity contribution < 1.29 is 13.2 Å². The topological polar surface area (TPSA) is 24.9 Å². The summed E-state index contributed by atoms with van der Waals surface area (Å²) in [7, 11) is 0. The summed E-state index contributed by atoms with van der Waals surface area (Å²) in [5.74, 6) is 0.949. The number of nitrogens with one attached hydrogen (secondary N) is 1. The van der Waals surface area contributed by atoms with Gasteiger partial charge in [0.1, 0.15) is 5.82 Å². The number of hydrogen-bond acceptors (Lipinski definition) is 2. The van der Waals surface area contributed by atoms with Gasteiger partial charge in [0.15, 0.2) is 0 Å². The summed E-state index contributed by atoms with van der Waals surface area (Å²) < 4.78 is 37.1. The largest absolute Gasteiger partial charge is 0.417 e. The van der Waals surface area contributed by atoms with Crippen LogP contribution in [0.5, 0.6) is 0 Å². The van der Waals surface area contributed by atoms with Gasteiger partial charge in [-0.1, -0.05) is 6.42 Å². The van der Waals surface area contributed by atoms with Gasteiger partial charge in [0.05, 0.1) is 5.56 Å². The normalized spacial score (nSPS) is 24.2. The maximum Gasteiger partial charge on any atom is 0.417 e. The van der Waals surface area contributed by atoms with Gasteiger partial charge in [-0.05, 0) is 37.3 Å². The van der Waals surface area contributed by atoms with E-state index >= 15 is 0 Å². The molecule has 2 nitrogen and oxygen atoms in total. The molecule has 0 aromatic carbocycles. The molecule has 6 heteroatoms. The Bertz CT molecular complexity index is 405. The van der Waals surface area contributed by atoms with Gasteiger partial charge >= 0.3 is 6.18 Å². The zero-order valence-corrected chi connectivity index (χ0v) is 11.1. The summed E-state index contributed by atoms with van der Waals surface area (Å²) in [4.78, 5) is 3.78. The first-order valence-electron chi connectivity index (χ1n) is 6.36. The third-order valence-electron chi connectivity index (χ3n) is 3.38. The number of nitrogens with zero attached hydrogens (tertiary/aromatic N) is 1. The monoisotopic (exact) mass is 292 g/mol.